The predicted octanol–water partition coefficient (Wildman–Crippen LogP) is 3.02. The zero-order valence-electron chi connectivity index (χ0n) is 7.87. The molecule has 0 unspecified atom stereocenters. The zero-order chi connectivity index (χ0) is 10.1. The number of pyridine rings is 1. The smallest absolute Gasteiger partial charge is 0.0717 e. The van der Waals surface area contributed by atoms with Crippen LogP contribution in [0.4, 0.5) is 0 Å². The van der Waals surface area contributed by atoms with Crippen molar-refractivity contribution >= 4 is 26.8 Å². The monoisotopic (exact) mass is 250 g/mol. The fourth-order valence-electron chi connectivity index (χ4n) is 1.36. The van der Waals surface area contributed by atoms with Crippen molar-refractivity contribution in [1.29, 1.82) is 0 Å². The van der Waals surface area contributed by atoms with Crippen LogP contribution in [0.25, 0.3) is 10.9 Å². The predicted molar refractivity (Wildman–Crippen MR) is 62.0 cm³/mol. The van der Waals surface area contributed by atoms with E-state index < -0.39 is 0 Å². The second-order valence-electron chi connectivity index (χ2n) is 3.36. The lowest BCUT2D eigenvalue weighted by Gasteiger charge is -2.05. The van der Waals surface area contributed by atoms with Crippen molar-refractivity contribution in [3.8, 4) is 0 Å². The maximum atomic E-state index is 5.77. The number of benzene rings is 1. The Hall–Kier alpha value is -0.930. The van der Waals surface area contributed by atoms with Gasteiger partial charge in [-0.2, -0.15) is 0 Å². The summed E-state index contributed by atoms with van der Waals surface area (Å²) in [5, 5.41) is 1.14. The number of aromatic nitrogens is 1. The third-order valence-electron chi connectivity index (χ3n) is 2.14. The molecule has 0 aliphatic rings. The Morgan fingerprint density at radius 3 is 2.71 bits per heavy atom. The molecule has 1 heterocycles. The molecule has 0 saturated carbocycles. The van der Waals surface area contributed by atoms with Crippen molar-refractivity contribution in [1.82, 2.24) is 4.98 Å². The first-order valence-electron chi connectivity index (χ1n) is 4.48. The van der Waals surface area contributed by atoms with Gasteiger partial charge in [0.2, 0.25) is 0 Å². The first kappa shape index (κ1) is 9.62. The van der Waals surface area contributed by atoms with Crippen molar-refractivity contribution < 1.29 is 0 Å². The van der Waals surface area contributed by atoms with E-state index in [-0.39, 0.29) is 6.04 Å². The number of fused-ring (bicyclic) bond motifs is 1. The van der Waals surface area contributed by atoms with Crippen LogP contribution in [0.3, 0.4) is 0 Å². The summed E-state index contributed by atoms with van der Waals surface area (Å²) in [6, 6.07) is 10.1. The minimum atomic E-state index is -0.0154. The second-order valence-corrected chi connectivity index (χ2v) is 4.28. The van der Waals surface area contributed by atoms with Gasteiger partial charge in [-0.1, -0.05) is 28.1 Å². The van der Waals surface area contributed by atoms with Crippen LogP contribution >= 0.6 is 15.9 Å². The number of nitrogens with two attached hydrogens (primary N) is 1. The molecule has 0 spiro atoms. The molecular weight excluding hydrogens is 240 g/mol. The van der Waals surface area contributed by atoms with Gasteiger partial charge in [0.15, 0.2) is 0 Å². The van der Waals surface area contributed by atoms with Crippen molar-refractivity contribution in [3.05, 3.63) is 40.5 Å². The van der Waals surface area contributed by atoms with Crippen LogP contribution < -0.4 is 5.73 Å². The molecule has 72 valence electrons. The van der Waals surface area contributed by atoms with E-state index in [9.17, 15) is 0 Å². The molecule has 1 aromatic heterocycles. The van der Waals surface area contributed by atoms with Crippen LogP contribution in [0.15, 0.2) is 34.8 Å². The Morgan fingerprint density at radius 1 is 1.29 bits per heavy atom. The third kappa shape index (κ3) is 1.79. The Morgan fingerprint density at radius 2 is 2.00 bits per heavy atom. The van der Waals surface area contributed by atoms with Gasteiger partial charge < -0.3 is 5.73 Å². The summed E-state index contributed by atoms with van der Waals surface area (Å²) in [5.41, 5.74) is 7.68. The molecule has 0 amide bonds. The molecule has 0 aliphatic heterocycles. The summed E-state index contributed by atoms with van der Waals surface area (Å²) in [4.78, 5) is 4.48. The molecule has 2 N–H and O–H groups in total. The van der Waals surface area contributed by atoms with Gasteiger partial charge in [-0.25, -0.2) is 0 Å². The zero-order valence-corrected chi connectivity index (χ0v) is 9.45. The second kappa shape index (κ2) is 3.67. The molecule has 2 nitrogen and oxygen atoms in total. The summed E-state index contributed by atoms with van der Waals surface area (Å²) in [5.74, 6) is 0. The number of hydrogen-bond acceptors (Lipinski definition) is 2. The maximum absolute atomic E-state index is 5.77. The highest BCUT2D eigenvalue weighted by Gasteiger charge is 2.02. The van der Waals surface area contributed by atoms with E-state index in [1.807, 2.05) is 37.3 Å². The lowest BCUT2D eigenvalue weighted by atomic mass is 10.1. The van der Waals surface area contributed by atoms with E-state index in [1.54, 1.807) is 0 Å². The quantitative estimate of drug-likeness (QED) is 0.846. The molecule has 0 saturated heterocycles. The van der Waals surface area contributed by atoms with Crippen LogP contribution in [0.2, 0.25) is 0 Å². The SMILES string of the molecule is C[C@@H](N)c1ccc2ccc(Br)cc2n1. The van der Waals surface area contributed by atoms with Gasteiger partial charge in [-0.3, -0.25) is 4.98 Å². The molecule has 1 atom stereocenters. The van der Waals surface area contributed by atoms with Gasteiger partial charge in [0, 0.05) is 15.9 Å². The summed E-state index contributed by atoms with van der Waals surface area (Å²) >= 11 is 3.42. The van der Waals surface area contributed by atoms with Crippen molar-refractivity contribution in [2.45, 2.75) is 13.0 Å². The summed E-state index contributed by atoms with van der Waals surface area (Å²) in [7, 11) is 0. The Kier molecular flexibility index (Phi) is 2.52. The van der Waals surface area contributed by atoms with Crippen molar-refractivity contribution in [3.63, 3.8) is 0 Å². The highest BCUT2D eigenvalue weighted by molar-refractivity contribution is 9.10. The van der Waals surface area contributed by atoms with Gasteiger partial charge in [0.25, 0.3) is 0 Å². The van der Waals surface area contributed by atoms with Gasteiger partial charge >= 0.3 is 0 Å². The van der Waals surface area contributed by atoms with Crippen LogP contribution in [0, 0.1) is 0 Å². The largest absolute Gasteiger partial charge is 0.323 e. The van der Waals surface area contributed by atoms with Gasteiger partial charge in [0.05, 0.1) is 11.2 Å². The Balaban J connectivity index is 2.63. The van der Waals surface area contributed by atoms with Gasteiger partial charge in [-0.15, -0.1) is 0 Å². The van der Waals surface area contributed by atoms with Crippen molar-refractivity contribution in [2.24, 2.45) is 5.73 Å². The fourth-order valence-corrected chi connectivity index (χ4v) is 1.71. The van der Waals surface area contributed by atoms with Gasteiger partial charge in [-0.05, 0) is 25.1 Å². The lowest BCUT2D eigenvalue weighted by Crippen LogP contribution is -2.06. The van der Waals surface area contributed by atoms with Crippen LogP contribution in [-0.4, -0.2) is 4.98 Å². The Bertz CT molecular complexity index is 466. The molecule has 2 rings (SSSR count). The highest BCUT2D eigenvalue weighted by Crippen LogP contribution is 2.19. The van der Waals surface area contributed by atoms with E-state index in [2.05, 4.69) is 20.9 Å². The Labute approximate surface area is 91.3 Å². The number of halogens is 1. The minimum Gasteiger partial charge on any atom is -0.323 e. The first-order chi connectivity index (χ1) is 6.66. The highest BCUT2D eigenvalue weighted by atomic mass is 79.9. The normalized spacial score (nSPS) is 13.1. The average molecular weight is 251 g/mol. The van der Waals surface area contributed by atoms with Crippen LogP contribution in [-0.2, 0) is 0 Å². The average Bonchev–Trinajstić information content (AvgIpc) is 2.16. The number of rotatable bonds is 1. The molecule has 2 aromatic rings. The molecule has 0 bridgehead atoms. The van der Waals surface area contributed by atoms with E-state index in [0.29, 0.717) is 0 Å². The summed E-state index contributed by atoms with van der Waals surface area (Å²) in [6.07, 6.45) is 0. The molecule has 14 heavy (non-hydrogen) atoms. The van der Waals surface area contributed by atoms with E-state index >= 15 is 0 Å². The van der Waals surface area contributed by atoms with Gasteiger partial charge in [0.1, 0.15) is 0 Å². The standard InChI is InChI=1S/C11H11BrN2/c1-7(13)10-5-3-8-2-4-9(12)6-11(8)14-10/h2-7H,13H2,1H3/t7-/m1/s1. The van der Waals surface area contributed by atoms with Crippen molar-refractivity contribution in [2.75, 3.05) is 0 Å². The molecule has 0 fully saturated rings. The number of nitrogens with zero attached hydrogens (tertiary/aromatic N) is 1. The molecule has 0 radical (unpaired) electrons. The minimum absolute atomic E-state index is 0.0154. The first-order valence-corrected chi connectivity index (χ1v) is 5.28. The van der Waals surface area contributed by atoms with E-state index in [4.69, 9.17) is 5.73 Å². The van der Waals surface area contributed by atoms with E-state index in [1.165, 1.54) is 0 Å². The molecular formula is C11H11BrN2. The summed E-state index contributed by atoms with van der Waals surface area (Å²) in [6.45, 7) is 1.94. The third-order valence-corrected chi connectivity index (χ3v) is 2.64. The summed E-state index contributed by atoms with van der Waals surface area (Å²) < 4.78 is 1.04. The molecule has 3 heteroatoms. The lowest BCUT2D eigenvalue weighted by molar-refractivity contribution is 0.787. The maximum Gasteiger partial charge on any atom is 0.0717 e. The fraction of sp³-hybridized carbons (Fsp3) is 0.182. The van der Waals surface area contributed by atoms with Crippen LogP contribution in [0.1, 0.15) is 18.7 Å². The van der Waals surface area contributed by atoms with E-state index in [0.717, 1.165) is 21.1 Å². The number of hydrogen-bond donors (Lipinski definition) is 1. The topological polar surface area (TPSA) is 38.9 Å². The van der Waals surface area contributed by atoms with Crippen LogP contribution in [0.5, 0.6) is 0 Å². The molecule has 0 aliphatic carbocycles. The molecule has 1 aromatic carbocycles.